The van der Waals surface area contributed by atoms with Crippen LogP contribution in [-0.2, 0) is 19.7 Å². The number of rotatable bonds is 6. The van der Waals surface area contributed by atoms with Gasteiger partial charge in [0.1, 0.15) is 11.5 Å². The summed E-state index contributed by atoms with van der Waals surface area (Å²) in [5, 5.41) is 2.34. The Morgan fingerprint density at radius 3 is 2.53 bits per heavy atom. The number of amides is 1. The Balaban J connectivity index is 1.87. The second-order valence-electron chi connectivity index (χ2n) is 7.48. The van der Waals surface area contributed by atoms with Gasteiger partial charge >= 0.3 is 16.4 Å². The largest absolute Gasteiger partial charge is 0.391 e. The molecule has 0 bridgehead atoms. The third-order valence-corrected chi connectivity index (χ3v) is 6.73. The summed E-state index contributed by atoms with van der Waals surface area (Å²) in [6.45, 7) is -0.254. The van der Waals surface area contributed by atoms with Crippen LogP contribution < -0.4 is 5.32 Å². The number of halogens is 4. The highest BCUT2D eigenvalue weighted by atomic mass is 32.2. The van der Waals surface area contributed by atoms with Crippen molar-refractivity contribution >= 4 is 27.6 Å². The van der Waals surface area contributed by atoms with E-state index in [9.17, 15) is 30.8 Å². The molecule has 0 radical (unpaired) electrons. The molecule has 1 amide bonds. The fourth-order valence-corrected chi connectivity index (χ4v) is 4.96. The Kier molecular flexibility index (Phi) is 7.18. The minimum Gasteiger partial charge on any atom is -0.383 e. The summed E-state index contributed by atoms with van der Waals surface area (Å²) < 4.78 is 87.2. The molecule has 3 rings (SSSR count). The minimum atomic E-state index is -4.34. The maximum Gasteiger partial charge on any atom is 0.391 e. The third kappa shape index (κ3) is 5.63. The molecule has 13 heteroatoms. The Labute approximate surface area is 182 Å². The maximum atomic E-state index is 13.3. The maximum absolute atomic E-state index is 13.3. The van der Waals surface area contributed by atoms with E-state index in [1.807, 2.05) is 0 Å². The summed E-state index contributed by atoms with van der Waals surface area (Å²) in [6, 6.07) is 3.72. The van der Waals surface area contributed by atoms with Crippen molar-refractivity contribution in [2.24, 2.45) is 16.2 Å². The van der Waals surface area contributed by atoms with E-state index in [0.717, 1.165) is 10.4 Å². The van der Waals surface area contributed by atoms with E-state index in [1.54, 1.807) is 0 Å². The second kappa shape index (κ2) is 9.53. The lowest BCUT2D eigenvalue weighted by molar-refractivity contribution is -0.182. The van der Waals surface area contributed by atoms with Gasteiger partial charge in [0.15, 0.2) is 0 Å². The number of methoxy groups -OCH3 is 1. The van der Waals surface area contributed by atoms with E-state index in [4.69, 9.17) is 4.74 Å². The van der Waals surface area contributed by atoms with Gasteiger partial charge in [-0.3, -0.25) is 4.79 Å². The number of allylic oxidation sites excluding steroid dienone is 1. The number of nitrogens with zero attached hydrogens (tertiary/aromatic N) is 3. The molecular weight excluding hydrogens is 456 g/mol. The number of aromatic nitrogens is 1. The lowest BCUT2D eigenvalue weighted by atomic mass is 9.79. The number of alkyl halides is 3. The zero-order valence-corrected chi connectivity index (χ0v) is 17.9. The van der Waals surface area contributed by atoms with Crippen molar-refractivity contribution in [2.45, 2.75) is 31.9 Å². The molecule has 0 atom stereocenters. The number of carbonyl (C=O) groups is 1. The summed E-state index contributed by atoms with van der Waals surface area (Å²) in [5.74, 6) is -3.83. The van der Waals surface area contributed by atoms with E-state index < -0.39 is 40.1 Å². The standard InChI is InChI=1S/C19H22F4N4O4S/c1-31-10-9-27-15(18(28)25-17-4-2-3-16(20)24-17)11-14(26-32(27,29)30)12-5-7-13(8-6-12)19(21,22)23/h2-4,11-13H,5-10H2,1H3,(H,24,25,28). The van der Waals surface area contributed by atoms with Crippen LogP contribution in [0.1, 0.15) is 25.7 Å². The fourth-order valence-electron chi connectivity index (χ4n) is 3.70. The first-order chi connectivity index (χ1) is 15.0. The number of anilines is 1. The van der Waals surface area contributed by atoms with Crippen molar-refractivity contribution in [3.8, 4) is 0 Å². The van der Waals surface area contributed by atoms with Crippen LogP contribution in [0.3, 0.4) is 0 Å². The summed E-state index contributed by atoms with van der Waals surface area (Å²) in [4.78, 5) is 16.4. The van der Waals surface area contributed by atoms with Crippen LogP contribution in [0, 0.1) is 17.8 Å². The second-order valence-corrected chi connectivity index (χ2v) is 9.00. The van der Waals surface area contributed by atoms with Gasteiger partial charge in [0.25, 0.3) is 5.91 Å². The monoisotopic (exact) mass is 478 g/mol. The molecule has 32 heavy (non-hydrogen) atoms. The van der Waals surface area contributed by atoms with Gasteiger partial charge in [0.05, 0.1) is 24.8 Å². The van der Waals surface area contributed by atoms with Crippen molar-refractivity contribution in [1.29, 1.82) is 0 Å². The van der Waals surface area contributed by atoms with Crippen LogP contribution in [0.2, 0.25) is 0 Å². The van der Waals surface area contributed by atoms with Gasteiger partial charge in [-0.2, -0.15) is 26.0 Å². The molecule has 1 aromatic heterocycles. The number of carbonyl (C=O) groups excluding carboxylic acids is 1. The fraction of sp³-hybridized carbons (Fsp3) is 0.526. The Morgan fingerprint density at radius 1 is 1.25 bits per heavy atom. The predicted molar refractivity (Wildman–Crippen MR) is 107 cm³/mol. The van der Waals surface area contributed by atoms with Gasteiger partial charge in [0.2, 0.25) is 5.95 Å². The first kappa shape index (κ1) is 24.1. The number of hydrogen-bond donors (Lipinski definition) is 1. The van der Waals surface area contributed by atoms with E-state index in [1.165, 1.54) is 25.3 Å². The molecule has 176 valence electrons. The molecule has 1 saturated carbocycles. The molecule has 0 aromatic carbocycles. The summed E-state index contributed by atoms with van der Waals surface area (Å²) >= 11 is 0. The van der Waals surface area contributed by atoms with E-state index in [2.05, 4.69) is 14.7 Å². The molecule has 1 aromatic rings. The summed E-state index contributed by atoms with van der Waals surface area (Å²) in [6.07, 6.45) is -3.17. The van der Waals surface area contributed by atoms with Gasteiger partial charge in [-0.05, 0) is 43.9 Å². The highest BCUT2D eigenvalue weighted by Crippen LogP contribution is 2.40. The van der Waals surface area contributed by atoms with Crippen molar-refractivity contribution in [2.75, 3.05) is 25.6 Å². The van der Waals surface area contributed by atoms with Crippen molar-refractivity contribution < 1.29 is 35.5 Å². The van der Waals surface area contributed by atoms with Gasteiger partial charge in [-0.1, -0.05) is 6.07 Å². The predicted octanol–water partition coefficient (Wildman–Crippen LogP) is 3.06. The average Bonchev–Trinajstić information content (AvgIpc) is 2.71. The Morgan fingerprint density at radius 2 is 1.94 bits per heavy atom. The third-order valence-electron chi connectivity index (χ3n) is 5.35. The molecule has 1 aliphatic heterocycles. The lowest BCUT2D eigenvalue weighted by Crippen LogP contribution is -2.41. The molecule has 0 saturated heterocycles. The Hall–Kier alpha value is -2.54. The minimum absolute atomic E-state index is 0.0247. The van der Waals surface area contributed by atoms with Crippen LogP contribution >= 0.6 is 0 Å². The zero-order valence-electron chi connectivity index (χ0n) is 17.1. The SMILES string of the molecule is COCCN1C(C(=O)Nc2cccc(F)n2)=CC(C2CCC(C(F)(F)F)CC2)=NS1(=O)=O. The highest BCUT2D eigenvalue weighted by Gasteiger charge is 2.43. The normalized spacial score (nSPS) is 23.3. The zero-order chi connectivity index (χ0) is 23.5. The van der Waals surface area contributed by atoms with Gasteiger partial charge in [-0.25, -0.2) is 9.29 Å². The number of pyridine rings is 1. The lowest BCUT2D eigenvalue weighted by Gasteiger charge is -2.33. The summed E-state index contributed by atoms with van der Waals surface area (Å²) in [7, 11) is -2.98. The molecule has 0 spiro atoms. The van der Waals surface area contributed by atoms with Crippen LogP contribution in [0.15, 0.2) is 34.4 Å². The van der Waals surface area contributed by atoms with Gasteiger partial charge in [0, 0.05) is 13.0 Å². The number of ether oxygens (including phenoxy) is 1. The van der Waals surface area contributed by atoms with Crippen molar-refractivity contribution in [3.63, 3.8) is 0 Å². The highest BCUT2D eigenvalue weighted by molar-refractivity contribution is 7.88. The number of hydrogen-bond acceptors (Lipinski definition) is 5. The van der Waals surface area contributed by atoms with E-state index in [-0.39, 0.29) is 56.1 Å². The van der Waals surface area contributed by atoms with Crippen molar-refractivity contribution in [1.82, 2.24) is 9.29 Å². The molecule has 1 aliphatic carbocycles. The van der Waals surface area contributed by atoms with E-state index >= 15 is 0 Å². The smallest absolute Gasteiger partial charge is 0.383 e. The van der Waals surface area contributed by atoms with Gasteiger partial charge < -0.3 is 10.1 Å². The van der Waals surface area contributed by atoms with E-state index in [0.29, 0.717) is 0 Å². The molecule has 2 heterocycles. The topological polar surface area (TPSA) is 101 Å². The molecule has 1 N–H and O–H groups in total. The molecule has 0 unspecified atom stereocenters. The Bertz CT molecular complexity index is 1020. The van der Waals surface area contributed by atoms with Crippen LogP contribution in [0.25, 0.3) is 0 Å². The van der Waals surface area contributed by atoms with Crippen LogP contribution in [0.4, 0.5) is 23.4 Å². The van der Waals surface area contributed by atoms with Crippen LogP contribution in [-0.4, -0.2) is 55.8 Å². The van der Waals surface area contributed by atoms with Gasteiger partial charge in [-0.15, -0.1) is 4.40 Å². The van der Waals surface area contributed by atoms with Crippen molar-refractivity contribution in [3.05, 3.63) is 35.9 Å². The summed E-state index contributed by atoms with van der Waals surface area (Å²) in [5.41, 5.74) is -0.271. The molecule has 1 fully saturated rings. The average molecular weight is 478 g/mol. The molecule has 2 aliphatic rings. The molecule has 8 nitrogen and oxygen atoms in total. The number of nitrogens with one attached hydrogen (secondary N) is 1. The first-order valence-corrected chi connectivity index (χ1v) is 11.2. The molecular formula is C19H22F4N4O4S. The quantitative estimate of drug-likeness (QED) is 0.500. The van der Waals surface area contributed by atoms with Crippen LogP contribution in [0.5, 0.6) is 0 Å². The first-order valence-electron chi connectivity index (χ1n) is 9.85.